The number of methoxy groups -OCH3 is 1. The molecular formula is C25H24N2O4. The number of ether oxygens (including phenoxy) is 1. The van der Waals surface area contributed by atoms with Crippen molar-refractivity contribution in [2.24, 2.45) is 0 Å². The fourth-order valence-corrected chi connectivity index (χ4v) is 4.76. The van der Waals surface area contributed by atoms with E-state index >= 15 is 0 Å². The Labute approximate surface area is 179 Å². The van der Waals surface area contributed by atoms with Crippen LogP contribution in [-0.2, 0) is 11.2 Å². The summed E-state index contributed by atoms with van der Waals surface area (Å²) in [4.78, 5) is 26.2. The topological polar surface area (TPSA) is 75.5 Å². The van der Waals surface area contributed by atoms with E-state index < -0.39 is 0 Å². The molecule has 0 aliphatic carbocycles. The van der Waals surface area contributed by atoms with Gasteiger partial charge in [0.15, 0.2) is 0 Å². The number of aromatic nitrogens is 1. The van der Waals surface area contributed by atoms with E-state index in [9.17, 15) is 9.59 Å². The Morgan fingerprint density at radius 1 is 1.03 bits per heavy atom. The predicted octanol–water partition coefficient (Wildman–Crippen LogP) is 4.81. The predicted molar refractivity (Wildman–Crippen MR) is 120 cm³/mol. The molecule has 31 heavy (non-hydrogen) atoms. The lowest BCUT2D eigenvalue weighted by atomic mass is 9.88. The molecule has 0 bridgehead atoms. The van der Waals surface area contributed by atoms with Gasteiger partial charge in [0.2, 0.25) is 0 Å². The number of fused-ring (bicyclic) bond motifs is 2. The van der Waals surface area contributed by atoms with Gasteiger partial charge in [-0.25, -0.2) is 4.79 Å². The average molecular weight is 416 g/mol. The third-order valence-corrected chi connectivity index (χ3v) is 6.36. The Hall–Kier alpha value is -3.54. The smallest absolute Gasteiger partial charge is 0.409 e. The van der Waals surface area contributed by atoms with Crippen LogP contribution in [0.25, 0.3) is 21.5 Å². The molecule has 5 rings (SSSR count). The largest absolute Gasteiger partial charge is 0.453 e. The Morgan fingerprint density at radius 3 is 2.26 bits per heavy atom. The molecule has 1 saturated heterocycles. The molecule has 158 valence electrons. The lowest BCUT2D eigenvalue weighted by Crippen LogP contribution is -2.37. The second kappa shape index (κ2) is 7.95. The first-order chi connectivity index (χ1) is 15.2. The second-order valence-electron chi connectivity index (χ2n) is 8.08. The average Bonchev–Trinajstić information content (AvgIpc) is 3.18. The summed E-state index contributed by atoms with van der Waals surface area (Å²) in [6.07, 6.45) is 1.66. The number of hydrogen-bond donors (Lipinski definition) is 1. The van der Waals surface area contributed by atoms with E-state index in [1.807, 2.05) is 24.3 Å². The molecule has 1 amide bonds. The highest BCUT2D eigenvalue weighted by Gasteiger charge is 2.29. The van der Waals surface area contributed by atoms with Gasteiger partial charge in [-0.3, -0.25) is 4.79 Å². The fraction of sp³-hybridized carbons (Fsp3) is 0.280. The summed E-state index contributed by atoms with van der Waals surface area (Å²) in [7, 11) is 1.40. The van der Waals surface area contributed by atoms with Gasteiger partial charge in [-0.15, -0.1) is 0 Å². The molecule has 0 radical (unpaired) electrons. The zero-order valence-corrected chi connectivity index (χ0v) is 17.4. The second-order valence-corrected chi connectivity index (χ2v) is 8.08. The first kappa shape index (κ1) is 19.4. The minimum atomic E-state index is -0.309. The molecule has 1 fully saturated rings. The fourth-order valence-electron chi connectivity index (χ4n) is 4.76. The summed E-state index contributed by atoms with van der Waals surface area (Å²) in [6.45, 7) is 1.17. The van der Waals surface area contributed by atoms with Crippen LogP contribution in [0.5, 0.6) is 0 Å². The van der Waals surface area contributed by atoms with Gasteiger partial charge in [0, 0.05) is 25.4 Å². The molecule has 0 atom stereocenters. The lowest BCUT2D eigenvalue weighted by Gasteiger charge is -2.30. The molecule has 1 aromatic heterocycles. The number of rotatable bonds is 3. The number of hydrogen-bond acceptors (Lipinski definition) is 4. The van der Waals surface area contributed by atoms with Crippen molar-refractivity contribution in [3.8, 4) is 0 Å². The van der Waals surface area contributed by atoms with Gasteiger partial charge in [0.25, 0.3) is 5.56 Å². The molecule has 2 heterocycles. The molecule has 6 heteroatoms. The van der Waals surface area contributed by atoms with Crippen LogP contribution in [0.2, 0.25) is 0 Å². The van der Waals surface area contributed by atoms with Crippen molar-refractivity contribution in [3.63, 3.8) is 0 Å². The summed E-state index contributed by atoms with van der Waals surface area (Å²) < 4.78 is 10.5. The van der Waals surface area contributed by atoms with Gasteiger partial charge < -0.3 is 14.2 Å². The molecule has 0 unspecified atom stereocenters. The first-order valence-corrected chi connectivity index (χ1v) is 10.6. The Morgan fingerprint density at radius 2 is 1.65 bits per heavy atom. The maximum atomic E-state index is 12.7. The summed E-state index contributed by atoms with van der Waals surface area (Å²) >= 11 is 0. The van der Waals surface area contributed by atoms with Crippen LogP contribution < -0.4 is 5.56 Å². The molecule has 3 aromatic carbocycles. The van der Waals surface area contributed by atoms with Crippen LogP contribution in [0.3, 0.4) is 0 Å². The van der Waals surface area contributed by atoms with Gasteiger partial charge in [0.1, 0.15) is 5.76 Å². The van der Waals surface area contributed by atoms with Crippen molar-refractivity contribution in [1.82, 2.24) is 10.1 Å². The van der Waals surface area contributed by atoms with Gasteiger partial charge in [-0.05, 0) is 46.0 Å². The van der Waals surface area contributed by atoms with Crippen molar-refractivity contribution in [3.05, 3.63) is 81.8 Å². The van der Waals surface area contributed by atoms with E-state index in [2.05, 4.69) is 35.5 Å². The zero-order valence-electron chi connectivity index (χ0n) is 17.4. The number of likely N-dealkylation sites (tertiary alicyclic amines) is 1. The zero-order chi connectivity index (χ0) is 21.4. The van der Waals surface area contributed by atoms with Gasteiger partial charge in [-0.1, -0.05) is 48.5 Å². The van der Waals surface area contributed by atoms with Gasteiger partial charge >= 0.3 is 6.09 Å². The first-order valence-electron chi connectivity index (χ1n) is 10.6. The summed E-state index contributed by atoms with van der Waals surface area (Å²) in [5, 5.41) is 7.17. The van der Waals surface area contributed by atoms with Crippen LogP contribution in [-0.4, -0.2) is 36.3 Å². The Balaban J connectivity index is 1.54. The van der Waals surface area contributed by atoms with E-state index in [0.29, 0.717) is 30.8 Å². The Bertz CT molecular complexity index is 1260. The molecule has 1 N–H and O–H groups in total. The molecule has 1 aliphatic heterocycles. The monoisotopic (exact) mass is 416 g/mol. The van der Waals surface area contributed by atoms with E-state index in [0.717, 1.165) is 39.9 Å². The highest BCUT2D eigenvalue weighted by Crippen LogP contribution is 2.34. The van der Waals surface area contributed by atoms with E-state index in [-0.39, 0.29) is 17.6 Å². The number of carbonyl (C=O) groups is 1. The number of amides is 1. The molecular weight excluding hydrogens is 392 g/mol. The highest BCUT2D eigenvalue weighted by atomic mass is 16.5. The van der Waals surface area contributed by atoms with Crippen LogP contribution in [0, 0.1) is 0 Å². The molecule has 6 nitrogen and oxygen atoms in total. The SMILES string of the molecule is COC(=O)N1CCC(c2o[nH]c(=O)c2Cc2c3ccccc3cc3ccccc23)CC1. The Kier molecular flexibility index (Phi) is 4.98. The minimum absolute atomic E-state index is 0.0936. The molecule has 0 spiro atoms. The maximum absolute atomic E-state index is 12.7. The number of benzene rings is 3. The summed E-state index contributed by atoms with van der Waals surface area (Å²) in [6, 6.07) is 18.8. The van der Waals surface area contributed by atoms with Crippen LogP contribution in [0.4, 0.5) is 4.79 Å². The molecule has 0 saturated carbocycles. The van der Waals surface area contributed by atoms with E-state index in [1.54, 1.807) is 4.90 Å². The van der Waals surface area contributed by atoms with Crippen molar-refractivity contribution in [2.45, 2.75) is 25.2 Å². The molecule has 4 aromatic rings. The number of piperidine rings is 1. The highest BCUT2D eigenvalue weighted by molar-refractivity contribution is 6.02. The van der Waals surface area contributed by atoms with Crippen molar-refractivity contribution in [2.75, 3.05) is 20.2 Å². The van der Waals surface area contributed by atoms with Crippen molar-refractivity contribution in [1.29, 1.82) is 0 Å². The summed E-state index contributed by atoms with van der Waals surface area (Å²) in [5.74, 6) is 0.808. The molecule has 1 aliphatic rings. The van der Waals surface area contributed by atoms with Gasteiger partial charge in [0.05, 0.1) is 12.7 Å². The van der Waals surface area contributed by atoms with Crippen LogP contribution in [0.15, 0.2) is 63.9 Å². The van der Waals surface area contributed by atoms with Crippen LogP contribution in [0.1, 0.15) is 35.6 Å². The number of aromatic amines is 1. The quantitative estimate of drug-likeness (QED) is 0.486. The van der Waals surface area contributed by atoms with Gasteiger partial charge in [-0.2, -0.15) is 5.16 Å². The lowest BCUT2D eigenvalue weighted by molar-refractivity contribution is 0.110. The van der Waals surface area contributed by atoms with E-state index in [1.165, 1.54) is 7.11 Å². The number of carbonyl (C=O) groups excluding carboxylic acids is 1. The normalized spacial score (nSPS) is 14.9. The standard InChI is InChI=1S/C25H24N2O4/c1-30-25(29)27-12-10-16(11-13-27)23-22(24(28)26-31-23)15-21-19-8-4-2-6-17(19)14-18-7-3-5-9-20(18)21/h2-9,14,16H,10-13,15H2,1H3,(H,26,28). The maximum Gasteiger partial charge on any atom is 0.409 e. The van der Waals surface area contributed by atoms with Crippen molar-refractivity contribution < 1.29 is 14.1 Å². The number of nitrogens with one attached hydrogen (secondary N) is 1. The van der Waals surface area contributed by atoms with Crippen molar-refractivity contribution >= 4 is 27.6 Å². The minimum Gasteiger partial charge on any atom is -0.453 e. The summed E-state index contributed by atoms with van der Waals surface area (Å²) in [5.41, 5.74) is 1.63. The number of H-pyrrole nitrogens is 1. The van der Waals surface area contributed by atoms with E-state index in [4.69, 9.17) is 9.26 Å². The third kappa shape index (κ3) is 3.48. The van der Waals surface area contributed by atoms with Crippen LogP contribution >= 0.6 is 0 Å². The third-order valence-electron chi connectivity index (χ3n) is 6.36. The number of nitrogens with zero attached hydrogens (tertiary/aromatic N) is 1.